The number of carbonyl (C=O) groups excluding carboxylic acids is 2. The first-order valence-electron chi connectivity index (χ1n) is 10.9. The van der Waals surface area contributed by atoms with Gasteiger partial charge in [-0.2, -0.15) is 0 Å². The highest BCUT2D eigenvalue weighted by molar-refractivity contribution is 5.75. The van der Waals surface area contributed by atoms with Crippen LogP contribution < -0.4 is 19.9 Å². The molecule has 0 unspecified atom stereocenters. The van der Waals surface area contributed by atoms with Gasteiger partial charge in [0.05, 0.1) is 11.1 Å². The number of nitrogens with two attached hydrogens (primary N) is 1. The number of ether oxygens (including phenoxy) is 5. The van der Waals surface area contributed by atoms with Crippen LogP contribution in [0, 0.1) is 5.41 Å². The van der Waals surface area contributed by atoms with E-state index in [0.29, 0.717) is 36.0 Å². The van der Waals surface area contributed by atoms with Crippen molar-refractivity contribution in [2.75, 3.05) is 38.8 Å². The number of anilines is 1. The Morgan fingerprint density at radius 3 is 2.15 bits per heavy atom. The summed E-state index contributed by atoms with van der Waals surface area (Å²) in [7, 11) is 0. The molecule has 2 aromatic carbocycles. The molecule has 0 atom stereocenters. The fraction of sp³-hybridized carbons (Fsp3) is 0.385. The molecule has 0 saturated heterocycles. The van der Waals surface area contributed by atoms with Gasteiger partial charge in [0.25, 0.3) is 6.47 Å². The molecule has 8 heteroatoms. The summed E-state index contributed by atoms with van der Waals surface area (Å²) in [5.41, 5.74) is 8.68. The van der Waals surface area contributed by atoms with Crippen molar-refractivity contribution in [2.24, 2.45) is 5.41 Å². The van der Waals surface area contributed by atoms with E-state index >= 15 is 0 Å². The molecule has 8 nitrogen and oxygen atoms in total. The number of hydrogen-bond donors (Lipinski definition) is 1. The van der Waals surface area contributed by atoms with Crippen LogP contribution >= 0.6 is 0 Å². The fourth-order valence-electron chi connectivity index (χ4n) is 2.73. The summed E-state index contributed by atoms with van der Waals surface area (Å²) in [6.45, 7) is 12.3. The third-order valence-corrected chi connectivity index (χ3v) is 4.47. The van der Waals surface area contributed by atoms with Gasteiger partial charge >= 0.3 is 5.97 Å². The molecule has 0 aliphatic heterocycles. The molecule has 0 aromatic heterocycles. The van der Waals surface area contributed by atoms with Crippen molar-refractivity contribution in [3.8, 4) is 28.4 Å². The Morgan fingerprint density at radius 1 is 0.912 bits per heavy atom. The Labute approximate surface area is 200 Å². The maximum atomic E-state index is 12.0. The molecular weight excluding hydrogens is 438 g/mol. The standard InChI is InChI=1S/C26H33NO7/c1-18(2)16-34-22-8-6-19(14-21(22)27)20-7-9-23(31-11-10-30-17-28)24(15-20)32-12-13-33-25(29)26(3,4)5/h6-9,14-15,17H,1,10-13,16,27H2,2-5H3. The Balaban J connectivity index is 2.17. The molecule has 0 amide bonds. The average Bonchev–Trinajstić information content (AvgIpc) is 2.78. The highest BCUT2D eigenvalue weighted by Gasteiger charge is 2.22. The van der Waals surface area contributed by atoms with Crippen LogP contribution in [0.5, 0.6) is 17.2 Å². The van der Waals surface area contributed by atoms with Crippen LogP contribution in [-0.2, 0) is 19.1 Å². The molecule has 34 heavy (non-hydrogen) atoms. The predicted octanol–water partition coefficient (Wildman–Crippen LogP) is 4.41. The van der Waals surface area contributed by atoms with Crippen molar-refractivity contribution in [2.45, 2.75) is 27.7 Å². The van der Waals surface area contributed by atoms with E-state index in [2.05, 4.69) is 11.3 Å². The van der Waals surface area contributed by atoms with Gasteiger partial charge in [-0.15, -0.1) is 0 Å². The van der Waals surface area contributed by atoms with Gasteiger partial charge in [0, 0.05) is 0 Å². The van der Waals surface area contributed by atoms with Gasteiger partial charge in [-0.3, -0.25) is 9.59 Å². The van der Waals surface area contributed by atoms with Gasteiger partial charge in [-0.05, 0) is 68.7 Å². The minimum absolute atomic E-state index is 0.0930. The number of rotatable bonds is 13. The predicted molar refractivity (Wildman–Crippen MR) is 130 cm³/mol. The summed E-state index contributed by atoms with van der Waals surface area (Å²) < 4.78 is 27.1. The summed E-state index contributed by atoms with van der Waals surface area (Å²) in [5, 5.41) is 0. The van der Waals surface area contributed by atoms with Crippen LogP contribution in [0.2, 0.25) is 0 Å². The van der Waals surface area contributed by atoms with Gasteiger partial charge in [0.2, 0.25) is 0 Å². The van der Waals surface area contributed by atoms with Crippen LogP contribution in [0.4, 0.5) is 5.69 Å². The molecule has 0 fully saturated rings. The van der Waals surface area contributed by atoms with Crippen LogP contribution in [-0.4, -0.2) is 45.5 Å². The molecule has 0 saturated carbocycles. The van der Waals surface area contributed by atoms with Crippen molar-refractivity contribution in [1.82, 2.24) is 0 Å². The maximum absolute atomic E-state index is 12.0. The van der Waals surface area contributed by atoms with E-state index in [0.717, 1.165) is 16.7 Å². The lowest BCUT2D eigenvalue weighted by Gasteiger charge is -2.18. The van der Waals surface area contributed by atoms with E-state index in [9.17, 15) is 9.59 Å². The summed E-state index contributed by atoms with van der Waals surface area (Å²) in [6, 6.07) is 11.0. The van der Waals surface area contributed by atoms with E-state index in [1.165, 1.54) is 0 Å². The van der Waals surface area contributed by atoms with E-state index in [-0.39, 0.29) is 32.4 Å². The number of benzene rings is 2. The second-order valence-corrected chi connectivity index (χ2v) is 8.71. The average molecular weight is 472 g/mol. The highest BCUT2D eigenvalue weighted by Crippen LogP contribution is 2.35. The molecule has 2 aromatic rings. The quantitative estimate of drug-likeness (QED) is 0.151. The molecule has 0 bridgehead atoms. The van der Waals surface area contributed by atoms with Crippen LogP contribution in [0.1, 0.15) is 27.7 Å². The van der Waals surface area contributed by atoms with E-state index in [1.54, 1.807) is 32.9 Å². The fourth-order valence-corrected chi connectivity index (χ4v) is 2.73. The monoisotopic (exact) mass is 471 g/mol. The van der Waals surface area contributed by atoms with Crippen molar-refractivity contribution >= 4 is 18.1 Å². The largest absolute Gasteiger partial charge is 0.487 e. The van der Waals surface area contributed by atoms with Gasteiger partial charge in [0.15, 0.2) is 11.5 Å². The van der Waals surface area contributed by atoms with Gasteiger partial charge in [-0.25, -0.2) is 0 Å². The van der Waals surface area contributed by atoms with Gasteiger partial charge < -0.3 is 29.4 Å². The molecule has 0 radical (unpaired) electrons. The van der Waals surface area contributed by atoms with Crippen LogP contribution in [0.15, 0.2) is 48.6 Å². The topological polar surface area (TPSA) is 106 Å². The SMILES string of the molecule is C=C(C)COc1ccc(-c2ccc(OCCOC=O)c(OCCOC(=O)C(C)(C)C)c2)cc1N. The van der Waals surface area contributed by atoms with Crippen LogP contribution in [0.3, 0.4) is 0 Å². The third kappa shape index (κ3) is 8.35. The first kappa shape index (κ1) is 26.6. The summed E-state index contributed by atoms with van der Waals surface area (Å²) in [6.07, 6.45) is 0. The smallest absolute Gasteiger partial charge is 0.311 e. The molecular formula is C26H33NO7. The number of esters is 1. The summed E-state index contributed by atoms with van der Waals surface area (Å²) >= 11 is 0. The third-order valence-electron chi connectivity index (χ3n) is 4.47. The number of nitrogen functional groups attached to an aromatic ring is 1. The molecule has 0 spiro atoms. The lowest BCUT2D eigenvalue weighted by molar-refractivity contribution is -0.153. The number of carbonyl (C=O) groups is 2. The maximum Gasteiger partial charge on any atom is 0.311 e. The molecule has 0 aliphatic carbocycles. The Kier molecular flexibility index (Phi) is 9.79. The van der Waals surface area contributed by atoms with Gasteiger partial charge in [-0.1, -0.05) is 18.7 Å². The summed E-state index contributed by atoms with van der Waals surface area (Å²) in [5.74, 6) is 1.20. The Hall–Kier alpha value is -3.68. The van der Waals surface area contributed by atoms with E-state index < -0.39 is 5.41 Å². The van der Waals surface area contributed by atoms with Crippen molar-refractivity contribution in [3.63, 3.8) is 0 Å². The lowest BCUT2D eigenvalue weighted by Crippen LogP contribution is -2.24. The van der Waals surface area contributed by atoms with Crippen molar-refractivity contribution in [1.29, 1.82) is 0 Å². The minimum atomic E-state index is -0.590. The number of hydrogen-bond acceptors (Lipinski definition) is 8. The van der Waals surface area contributed by atoms with E-state index in [4.69, 9.17) is 24.7 Å². The molecule has 2 rings (SSSR count). The molecule has 184 valence electrons. The molecule has 2 N–H and O–H groups in total. The van der Waals surface area contributed by atoms with E-state index in [1.807, 2.05) is 31.2 Å². The van der Waals surface area contributed by atoms with Gasteiger partial charge in [0.1, 0.15) is 38.8 Å². The Bertz CT molecular complexity index is 995. The second-order valence-electron chi connectivity index (χ2n) is 8.71. The Morgan fingerprint density at radius 2 is 1.53 bits per heavy atom. The lowest BCUT2D eigenvalue weighted by atomic mass is 9.97. The summed E-state index contributed by atoms with van der Waals surface area (Å²) in [4.78, 5) is 22.3. The molecule has 0 heterocycles. The van der Waals surface area contributed by atoms with Crippen molar-refractivity contribution in [3.05, 3.63) is 48.6 Å². The zero-order valence-corrected chi connectivity index (χ0v) is 20.2. The normalized spacial score (nSPS) is 10.8. The zero-order chi connectivity index (χ0) is 25.1. The van der Waals surface area contributed by atoms with Crippen LogP contribution in [0.25, 0.3) is 11.1 Å². The zero-order valence-electron chi connectivity index (χ0n) is 20.2. The highest BCUT2D eigenvalue weighted by atomic mass is 16.6. The van der Waals surface area contributed by atoms with Crippen molar-refractivity contribution < 1.29 is 33.3 Å². The molecule has 0 aliphatic rings. The first-order valence-corrected chi connectivity index (χ1v) is 10.9. The first-order chi connectivity index (χ1) is 16.1. The second kappa shape index (κ2) is 12.5. The minimum Gasteiger partial charge on any atom is -0.487 e.